The Bertz CT molecular complexity index is 454. The molecule has 0 aliphatic heterocycles. The van der Waals surface area contributed by atoms with Crippen molar-refractivity contribution < 1.29 is 9.59 Å². The quantitative estimate of drug-likeness (QED) is 0.869. The average molecular weight is 282 g/mol. The number of nitrogens with one attached hydrogen (secondary N) is 1. The summed E-state index contributed by atoms with van der Waals surface area (Å²) in [6, 6.07) is 1.92. The SMILES string of the molecule is CCNC(=O)CN(CC)C(=O)c1cc(C)c(CC)s1. The number of hydrogen-bond acceptors (Lipinski definition) is 3. The van der Waals surface area contributed by atoms with Gasteiger partial charge in [-0.25, -0.2) is 0 Å². The van der Waals surface area contributed by atoms with E-state index in [1.54, 1.807) is 4.90 Å². The highest BCUT2D eigenvalue weighted by Crippen LogP contribution is 2.23. The first kappa shape index (κ1) is 15.7. The minimum absolute atomic E-state index is 0.0541. The van der Waals surface area contributed by atoms with E-state index in [0.717, 1.165) is 16.9 Å². The van der Waals surface area contributed by atoms with Gasteiger partial charge in [-0.15, -0.1) is 11.3 Å². The molecule has 0 saturated carbocycles. The molecule has 19 heavy (non-hydrogen) atoms. The zero-order valence-corrected chi connectivity index (χ0v) is 12.9. The standard InChI is InChI=1S/C14H22N2O2S/c1-5-11-10(4)8-12(19-11)14(18)16(7-3)9-13(17)15-6-2/h8H,5-7,9H2,1-4H3,(H,15,17). The van der Waals surface area contributed by atoms with Gasteiger partial charge in [-0.2, -0.15) is 0 Å². The number of likely N-dealkylation sites (N-methyl/N-ethyl adjacent to an activating group) is 2. The van der Waals surface area contributed by atoms with Crippen molar-refractivity contribution >= 4 is 23.2 Å². The van der Waals surface area contributed by atoms with Crippen molar-refractivity contribution in [1.82, 2.24) is 10.2 Å². The van der Waals surface area contributed by atoms with Crippen LogP contribution in [-0.2, 0) is 11.2 Å². The van der Waals surface area contributed by atoms with Crippen molar-refractivity contribution in [1.29, 1.82) is 0 Å². The molecule has 0 unspecified atom stereocenters. The van der Waals surface area contributed by atoms with Crippen molar-refractivity contribution in [3.63, 3.8) is 0 Å². The maximum atomic E-state index is 12.4. The molecule has 106 valence electrons. The summed E-state index contributed by atoms with van der Waals surface area (Å²) in [5.74, 6) is -0.164. The van der Waals surface area contributed by atoms with E-state index in [9.17, 15) is 9.59 Å². The van der Waals surface area contributed by atoms with Gasteiger partial charge in [0, 0.05) is 18.0 Å². The highest BCUT2D eigenvalue weighted by molar-refractivity contribution is 7.14. The van der Waals surface area contributed by atoms with Crippen LogP contribution in [0.15, 0.2) is 6.07 Å². The molecular weight excluding hydrogens is 260 g/mol. The molecule has 2 amide bonds. The second kappa shape index (κ2) is 7.28. The number of carbonyl (C=O) groups is 2. The number of nitrogens with zero attached hydrogens (tertiary/aromatic N) is 1. The van der Waals surface area contributed by atoms with Gasteiger partial charge in [-0.3, -0.25) is 9.59 Å². The van der Waals surface area contributed by atoms with Crippen LogP contribution in [0.2, 0.25) is 0 Å². The molecule has 0 spiro atoms. The smallest absolute Gasteiger partial charge is 0.264 e. The summed E-state index contributed by atoms with van der Waals surface area (Å²) >= 11 is 1.53. The molecule has 1 aromatic heterocycles. The first-order valence-electron chi connectivity index (χ1n) is 6.68. The maximum Gasteiger partial charge on any atom is 0.264 e. The molecule has 0 fully saturated rings. The van der Waals surface area contributed by atoms with Gasteiger partial charge in [-0.05, 0) is 38.8 Å². The fraction of sp³-hybridized carbons (Fsp3) is 0.571. The van der Waals surface area contributed by atoms with Crippen LogP contribution in [0.4, 0.5) is 0 Å². The van der Waals surface area contributed by atoms with Gasteiger partial charge in [0.25, 0.3) is 5.91 Å². The van der Waals surface area contributed by atoms with Crippen molar-refractivity contribution in [3.8, 4) is 0 Å². The summed E-state index contributed by atoms with van der Waals surface area (Å²) in [6.07, 6.45) is 0.937. The molecule has 0 aliphatic carbocycles. The molecule has 0 radical (unpaired) electrons. The highest BCUT2D eigenvalue weighted by atomic mass is 32.1. The van der Waals surface area contributed by atoms with Gasteiger partial charge in [-0.1, -0.05) is 6.92 Å². The number of rotatable bonds is 6. The number of aryl methyl sites for hydroxylation is 2. The zero-order chi connectivity index (χ0) is 14.4. The first-order chi connectivity index (χ1) is 9.03. The van der Waals surface area contributed by atoms with Gasteiger partial charge < -0.3 is 10.2 Å². The molecule has 5 heteroatoms. The van der Waals surface area contributed by atoms with E-state index in [4.69, 9.17) is 0 Å². The lowest BCUT2D eigenvalue weighted by Gasteiger charge is -2.19. The Morgan fingerprint density at radius 1 is 1.32 bits per heavy atom. The minimum Gasteiger partial charge on any atom is -0.355 e. The van der Waals surface area contributed by atoms with Crippen molar-refractivity contribution in [2.24, 2.45) is 0 Å². The van der Waals surface area contributed by atoms with Crippen LogP contribution in [0.25, 0.3) is 0 Å². The molecule has 1 aromatic rings. The lowest BCUT2D eigenvalue weighted by atomic mass is 10.2. The van der Waals surface area contributed by atoms with Gasteiger partial charge >= 0.3 is 0 Å². The molecule has 0 saturated heterocycles. The molecule has 1 heterocycles. The van der Waals surface area contributed by atoms with E-state index in [1.807, 2.05) is 26.8 Å². The largest absolute Gasteiger partial charge is 0.355 e. The predicted molar refractivity (Wildman–Crippen MR) is 78.7 cm³/mol. The fourth-order valence-corrected chi connectivity index (χ4v) is 2.97. The Morgan fingerprint density at radius 2 is 2.00 bits per heavy atom. The summed E-state index contributed by atoms with van der Waals surface area (Å²) in [6.45, 7) is 9.11. The predicted octanol–water partition coefficient (Wildman–Crippen LogP) is 2.22. The minimum atomic E-state index is -0.110. The van der Waals surface area contributed by atoms with Gasteiger partial charge in [0.2, 0.25) is 5.91 Å². The highest BCUT2D eigenvalue weighted by Gasteiger charge is 2.19. The molecule has 1 N–H and O–H groups in total. The second-order valence-electron chi connectivity index (χ2n) is 4.34. The summed E-state index contributed by atoms with van der Waals surface area (Å²) < 4.78 is 0. The maximum absolute atomic E-state index is 12.4. The van der Waals surface area contributed by atoms with Gasteiger partial charge in [0.15, 0.2) is 0 Å². The zero-order valence-electron chi connectivity index (χ0n) is 12.1. The summed E-state index contributed by atoms with van der Waals surface area (Å²) in [5.41, 5.74) is 1.16. The third kappa shape index (κ3) is 4.06. The van der Waals surface area contributed by atoms with Gasteiger partial charge in [0.1, 0.15) is 0 Å². The van der Waals surface area contributed by atoms with E-state index >= 15 is 0 Å². The van der Waals surface area contributed by atoms with E-state index in [1.165, 1.54) is 16.2 Å². The van der Waals surface area contributed by atoms with Crippen molar-refractivity contribution in [3.05, 3.63) is 21.4 Å². The Morgan fingerprint density at radius 3 is 2.47 bits per heavy atom. The summed E-state index contributed by atoms with van der Waals surface area (Å²) in [4.78, 5) is 27.5. The van der Waals surface area contributed by atoms with Crippen LogP contribution in [0.1, 0.15) is 40.9 Å². The number of carbonyl (C=O) groups excluding carboxylic acids is 2. The lowest BCUT2D eigenvalue weighted by molar-refractivity contribution is -0.121. The Labute approximate surface area is 118 Å². The Balaban J connectivity index is 2.80. The third-order valence-corrected chi connectivity index (χ3v) is 4.30. The monoisotopic (exact) mass is 282 g/mol. The number of hydrogen-bond donors (Lipinski definition) is 1. The van der Waals surface area contributed by atoms with Crippen molar-refractivity contribution in [2.45, 2.75) is 34.1 Å². The topological polar surface area (TPSA) is 49.4 Å². The van der Waals surface area contributed by atoms with Crippen LogP contribution in [0.5, 0.6) is 0 Å². The van der Waals surface area contributed by atoms with Crippen LogP contribution in [0.3, 0.4) is 0 Å². The van der Waals surface area contributed by atoms with Crippen LogP contribution < -0.4 is 5.32 Å². The molecule has 4 nitrogen and oxygen atoms in total. The molecule has 0 aliphatic rings. The number of thiophene rings is 1. The lowest BCUT2D eigenvalue weighted by Crippen LogP contribution is -2.40. The van der Waals surface area contributed by atoms with E-state index in [0.29, 0.717) is 13.1 Å². The van der Waals surface area contributed by atoms with Crippen LogP contribution in [-0.4, -0.2) is 36.3 Å². The summed E-state index contributed by atoms with van der Waals surface area (Å²) in [7, 11) is 0. The molecule has 1 rings (SSSR count). The van der Waals surface area contributed by atoms with E-state index in [2.05, 4.69) is 12.2 Å². The van der Waals surface area contributed by atoms with Crippen molar-refractivity contribution in [2.75, 3.05) is 19.6 Å². The molecule has 0 bridgehead atoms. The normalized spacial score (nSPS) is 10.3. The van der Waals surface area contributed by atoms with Gasteiger partial charge in [0.05, 0.1) is 11.4 Å². The number of amides is 2. The Kier molecular flexibility index (Phi) is 6.02. The second-order valence-corrected chi connectivity index (χ2v) is 5.48. The van der Waals surface area contributed by atoms with Crippen LogP contribution in [0, 0.1) is 6.92 Å². The first-order valence-corrected chi connectivity index (χ1v) is 7.50. The third-order valence-electron chi connectivity index (χ3n) is 2.93. The Hall–Kier alpha value is -1.36. The molecule has 0 aromatic carbocycles. The van der Waals surface area contributed by atoms with E-state index < -0.39 is 0 Å². The fourth-order valence-electron chi connectivity index (χ4n) is 1.89. The van der Waals surface area contributed by atoms with Crippen LogP contribution >= 0.6 is 11.3 Å². The van der Waals surface area contributed by atoms with E-state index in [-0.39, 0.29) is 18.4 Å². The molecule has 0 atom stereocenters. The summed E-state index contributed by atoms with van der Waals surface area (Å²) in [5, 5.41) is 2.71. The average Bonchev–Trinajstić information content (AvgIpc) is 2.76. The molecular formula is C14H22N2O2S.